The lowest BCUT2D eigenvalue weighted by atomic mass is 9.41. The van der Waals surface area contributed by atoms with Gasteiger partial charge >= 0.3 is 5.97 Å². The molecule has 5 heteroatoms. The Morgan fingerprint density at radius 1 is 1.00 bits per heavy atom. The molecule has 4 aliphatic carbocycles. The number of rotatable bonds is 5. The zero-order valence-corrected chi connectivity index (χ0v) is 20.7. The lowest BCUT2D eigenvalue weighted by molar-refractivity contribution is -0.228. The number of hydrogen-bond donors (Lipinski definition) is 4. The molecule has 0 bridgehead atoms. The van der Waals surface area contributed by atoms with Crippen LogP contribution in [-0.4, -0.2) is 44.7 Å². The molecule has 4 aliphatic rings. The van der Waals surface area contributed by atoms with Gasteiger partial charge in [-0.15, -0.1) is 0 Å². The summed E-state index contributed by atoms with van der Waals surface area (Å²) in [6.07, 6.45) is 5.85. The van der Waals surface area contributed by atoms with Crippen molar-refractivity contribution < 1.29 is 25.2 Å². The first kappa shape index (κ1) is 24.5. The molecule has 0 aromatic heterocycles. The first-order valence-corrected chi connectivity index (χ1v) is 13.2. The molecule has 4 saturated carbocycles. The second-order valence-electron chi connectivity index (χ2n) is 12.6. The van der Waals surface area contributed by atoms with E-state index in [1.54, 1.807) is 6.92 Å². The third-order valence-corrected chi connectivity index (χ3v) is 11.4. The van der Waals surface area contributed by atoms with Crippen LogP contribution in [0.1, 0.15) is 86.0 Å². The van der Waals surface area contributed by atoms with Gasteiger partial charge in [0.15, 0.2) is 0 Å². The van der Waals surface area contributed by atoms with Crippen molar-refractivity contribution >= 4 is 5.97 Å². The zero-order chi connectivity index (χ0) is 23.6. The van der Waals surface area contributed by atoms with Crippen molar-refractivity contribution in [1.29, 1.82) is 0 Å². The highest BCUT2D eigenvalue weighted by atomic mass is 16.4. The third-order valence-electron chi connectivity index (χ3n) is 11.4. The SMILES string of the molecule is CC[C@H]1[C@@H](O)C2C3CC[C@H](C(C)CC(C)C(=O)O)[C@@]3(C)C(O)CC2[C@@]2(C)CC[C@@H](O)C[C@@H]12. The summed E-state index contributed by atoms with van der Waals surface area (Å²) in [4.78, 5) is 11.5. The van der Waals surface area contributed by atoms with Crippen LogP contribution >= 0.6 is 0 Å². The summed E-state index contributed by atoms with van der Waals surface area (Å²) in [5.74, 6) is 0.687. The summed E-state index contributed by atoms with van der Waals surface area (Å²) < 4.78 is 0. The normalized spacial score (nSPS) is 52.4. The van der Waals surface area contributed by atoms with E-state index < -0.39 is 12.1 Å². The zero-order valence-electron chi connectivity index (χ0n) is 20.7. The van der Waals surface area contributed by atoms with Gasteiger partial charge in [0.2, 0.25) is 0 Å². The van der Waals surface area contributed by atoms with E-state index >= 15 is 0 Å². The van der Waals surface area contributed by atoms with Crippen molar-refractivity contribution in [3.63, 3.8) is 0 Å². The van der Waals surface area contributed by atoms with Crippen LogP contribution in [0.4, 0.5) is 0 Å². The van der Waals surface area contributed by atoms with E-state index in [0.717, 1.165) is 44.9 Å². The van der Waals surface area contributed by atoms with Gasteiger partial charge in [-0.3, -0.25) is 4.79 Å². The Hall–Kier alpha value is -0.650. The smallest absolute Gasteiger partial charge is 0.306 e. The Kier molecular flexibility index (Phi) is 6.53. The van der Waals surface area contributed by atoms with E-state index in [-0.39, 0.29) is 64.5 Å². The summed E-state index contributed by atoms with van der Waals surface area (Å²) in [5.41, 5.74) is -0.205. The van der Waals surface area contributed by atoms with E-state index in [4.69, 9.17) is 0 Å². The number of carboxylic acids is 1. The van der Waals surface area contributed by atoms with Crippen LogP contribution < -0.4 is 0 Å². The lowest BCUT2D eigenvalue weighted by Gasteiger charge is -2.65. The monoisotopic (exact) mass is 450 g/mol. The van der Waals surface area contributed by atoms with Crippen LogP contribution in [0, 0.1) is 58.2 Å². The Morgan fingerprint density at radius 2 is 1.69 bits per heavy atom. The van der Waals surface area contributed by atoms with Crippen LogP contribution in [0.2, 0.25) is 0 Å². The van der Waals surface area contributed by atoms with E-state index in [9.17, 15) is 25.2 Å². The standard InChI is InChI=1S/C27H46O5/c1-6-17-20-12-16(28)9-10-26(20,4)21-13-22(29)27(5)18(14(2)11-15(3)25(31)32)7-8-19(27)23(21)24(17)30/h14-24,28-30H,6-13H2,1-5H3,(H,31,32)/t14?,15?,16-,17-,18-,19?,20+,21?,22?,23?,24-,26+,27-/m1/s1. The highest BCUT2D eigenvalue weighted by Crippen LogP contribution is 2.69. The minimum Gasteiger partial charge on any atom is -0.481 e. The second kappa shape index (κ2) is 8.53. The maximum Gasteiger partial charge on any atom is 0.306 e. The average Bonchev–Trinajstić information content (AvgIpc) is 3.09. The quantitative estimate of drug-likeness (QED) is 0.500. The first-order chi connectivity index (χ1) is 15.0. The summed E-state index contributed by atoms with van der Waals surface area (Å²) in [6.45, 7) is 10.8. The minimum atomic E-state index is -0.743. The number of hydrogen-bond acceptors (Lipinski definition) is 4. The molecule has 0 radical (unpaired) electrons. The minimum absolute atomic E-state index is 0.0631. The van der Waals surface area contributed by atoms with Crippen molar-refractivity contribution in [3.05, 3.63) is 0 Å². The molecule has 4 fully saturated rings. The maximum absolute atomic E-state index is 11.8. The van der Waals surface area contributed by atoms with Crippen LogP contribution in [0.5, 0.6) is 0 Å². The number of aliphatic hydroxyl groups excluding tert-OH is 3. The molecule has 32 heavy (non-hydrogen) atoms. The van der Waals surface area contributed by atoms with Gasteiger partial charge in [-0.2, -0.15) is 0 Å². The number of aliphatic carboxylic acids is 1. The molecule has 0 spiro atoms. The molecule has 4 N–H and O–H groups in total. The van der Waals surface area contributed by atoms with Crippen LogP contribution in [0.15, 0.2) is 0 Å². The van der Waals surface area contributed by atoms with Gasteiger partial charge in [0.05, 0.1) is 24.2 Å². The number of fused-ring (bicyclic) bond motifs is 5. The number of aliphatic hydroxyl groups is 3. The van der Waals surface area contributed by atoms with E-state index in [1.165, 1.54) is 0 Å². The third kappa shape index (κ3) is 3.48. The van der Waals surface area contributed by atoms with Gasteiger partial charge in [0.1, 0.15) is 0 Å². The van der Waals surface area contributed by atoms with Gasteiger partial charge < -0.3 is 20.4 Å². The Balaban J connectivity index is 1.66. The van der Waals surface area contributed by atoms with E-state index in [1.807, 2.05) is 0 Å². The lowest BCUT2D eigenvalue weighted by Crippen LogP contribution is -2.65. The topological polar surface area (TPSA) is 98.0 Å². The largest absolute Gasteiger partial charge is 0.481 e. The summed E-state index contributed by atoms with van der Waals surface area (Å²) in [5, 5.41) is 43.3. The van der Waals surface area contributed by atoms with Crippen molar-refractivity contribution in [3.8, 4) is 0 Å². The summed E-state index contributed by atoms with van der Waals surface area (Å²) in [7, 11) is 0. The molecule has 0 aromatic rings. The van der Waals surface area contributed by atoms with Gasteiger partial charge in [-0.1, -0.05) is 41.0 Å². The predicted octanol–water partition coefficient (Wildman–Crippen LogP) is 4.33. The molecule has 0 aliphatic heterocycles. The second-order valence-corrected chi connectivity index (χ2v) is 12.6. The maximum atomic E-state index is 11.8. The molecule has 0 amide bonds. The summed E-state index contributed by atoms with van der Waals surface area (Å²) in [6, 6.07) is 0. The molecule has 0 saturated heterocycles. The van der Waals surface area contributed by atoms with Crippen molar-refractivity contribution in [1.82, 2.24) is 0 Å². The van der Waals surface area contributed by atoms with Gasteiger partial charge in [-0.25, -0.2) is 0 Å². The number of carboxylic acid groups (broad SMARTS) is 1. The van der Waals surface area contributed by atoms with E-state index in [2.05, 4.69) is 27.7 Å². The highest BCUT2D eigenvalue weighted by Gasteiger charge is 2.67. The summed E-state index contributed by atoms with van der Waals surface area (Å²) >= 11 is 0. The fourth-order valence-corrected chi connectivity index (χ4v) is 9.71. The van der Waals surface area contributed by atoms with Gasteiger partial charge in [0, 0.05) is 0 Å². The Bertz CT molecular complexity index is 710. The van der Waals surface area contributed by atoms with Crippen LogP contribution in [-0.2, 0) is 4.79 Å². The highest BCUT2D eigenvalue weighted by molar-refractivity contribution is 5.69. The predicted molar refractivity (Wildman–Crippen MR) is 124 cm³/mol. The molecular weight excluding hydrogens is 404 g/mol. The molecule has 5 nitrogen and oxygen atoms in total. The van der Waals surface area contributed by atoms with Crippen molar-refractivity contribution in [2.45, 2.75) is 104 Å². The van der Waals surface area contributed by atoms with Gasteiger partial charge in [-0.05, 0) is 97.2 Å². The Morgan fingerprint density at radius 3 is 2.31 bits per heavy atom. The molecular formula is C27H46O5. The molecule has 6 unspecified atom stereocenters. The Labute approximate surface area is 194 Å². The molecule has 0 heterocycles. The van der Waals surface area contributed by atoms with Gasteiger partial charge in [0.25, 0.3) is 0 Å². The number of carbonyl (C=O) groups is 1. The van der Waals surface area contributed by atoms with Crippen molar-refractivity contribution in [2.24, 2.45) is 58.2 Å². The first-order valence-electron chi connectivity index (χ1n) is 13.2. The fourth-order valence-electron chi connectivity index (χ4n) is 9.71. The molecule has 184 valence electrons. The van der Waals surface area contributed by atoms with Crippen molar-refractivity contribution in [2.75, 3.05) is 0 Å². The average molecular weight is 451 g/mol. The fraction of sp³-hybridized carbons (Fsp3) is 0.963. The molecule has 0 aromatic carbocycles. The molecule has 4 rings (SSSR count). The van der Waals surface area contributed by atoms with E-state index in [0.29, 0.717) is 12.3 Å². The molecule has 13 atom stereocenters. The van der Waals surface area contributed by atoms with Crippen LogP contribution in [0.25, 0.3) is 0 Å². The van der Waals surface area contributed by atoms with Crippen LogP contribution in [0.3, 0.4) is 0 Å².